The molecular weight excluding hydrogens is 689 g/mol. The maximum atomic E-state index is 8.82. The molecule has 0 saturated heterocycles. The zero-order valence-electron chi connectivity index (χ0n) is 36.5. The van der Waals surface area contributed by atoms with E-state index in [1.807, 2.05) is 12.1 Å². The first-order chi connectivity index (χ1) is 30.1. The molecule has 2 heterocycles. The van der Waals surface area contributed by atoms with Crippen LogP contribution in [0.5, 0.6) is 0 Å². The second-order valence-corrected chi connectivity index (χ2v) is 15.8. The Bertz CT molecular complexity index is 3710. The number of fused-ring (bicyclic) bond motifs is 10. The summed E-state index contributed by atoms with van der Waals surface area (Å²) in [4.78, 5) is 0. The fraction of sp³-hybridized carbons (Fsp3) is 0.0545. The zero-order valence-corrected chi connectivity index (χ0v) is 31.5. The third kappa shape index (κ3) is 4.59. The van der Waals surface area contributed by atoms with Crippen LogP contribution in [0.4, 0.5) is 0 Å². The van der Waals surface area contributed by atoms with Crippen molar-refractivity contribution in [3.63, 3.8) is 0 Å². The minimum Gasteiger partial charge on any atom is -0.309 e. The van der Waals surface area contributed by atoms with E-state index < -0.39 is 5.41 Å². The fourth-order valence-electron chi connectivity index (χ4n) is 9.75. The van der Waals surface area contributed by atoms with Crippen LogP contribution >= 0.6 is 0 Å². The van der Waals surface area contributed by atoms with Gasteiger partial charge in [0.15, 0.2) is 0 Å². The Kier molecular flexibility index (Phi) is 5.73. The lowest BCUT2D eigenvalue weighted by molar-refractivity contribution is 0.660. The van der Waals surface area contributed by atoms with Crippen molar-refractivity contribution < 1.29 is 6.85 Å². The molecule has 0 bridgehead atoms. The number of rotatable bonds is 4. The Labute approximate surface area is 338 Å². The monoisotopic (exact) mass is 731 g/mol. The molecule has 12 rings (SSSR count). The molecule has 2 nitrogen and oxygen atoms in total. The van der Waals surface area contributed by atoms with Gasteiger partial charge in [-0.05, 0) is 104 Å². The van der Waals surface area contributed by atoms with Crippen molar-refractivity contribution in [1.29, 1.82) is 0 Å². The molecule has 2 heteroatoms. The Morgan fingerprint density at radius 3 is 1.75 bits per heavy atom. The molecule has 11 aromatic rings. The molecular formula is C55H38N2. The zero-order chi connectivity index (χ0) is 42.2. The molecule has 0 amide bonds. The Morgan fingerprint density at radius 1 is 0.421 bits per heavy atom. The van der Waals surface area contributed by atoms with Crippen LogP contribution in [0.15, 0.2) is 194 Å². The molecule has 57 heavy (non-hydrogen) atoms. The fourth-order valence-corrected chi connectivity index (χ4v) is 9.75. The number of para-hydroxylation sites is 2. The first-order valence-electron chi connectivity index (χ1n) is 22.0. The van der Waals surface area contributed by atoms with Gasteiger partial charge in [-0.1, -0.05) is 153 Å². The maximum absolute atomic E-state index is 8.82. The average molecular weight is 732 g/mol. The lowest BCUT2D eigenvalue weighted by Gasteiger charge is -2.22. The van der Waals surface area contributed by atoms with Gasteiger partial charge in [-0.2, -0.15) is 0 Å². The van der Waals surface area contributed by atoms with Crippen molar-refractivity contribution in [2.45, 2.75) is 19.3 Å². The highest BCUT2D eigenvalue weighted by Crippen LogP contribution is 2.53. The molecule has 0 unspecified atom stereocenters. The minimum atomic E-state index is -0.411. The molecule has 0 N–H and O–H groups in total. The summed E-state index contributed by atoms with van der Waals surface area (Å²) in [5, 5.41) is 7.21. The summed E-state index contributed by atoms with van der Waals surface area (Å²) < 4.78 is 47.4. The first kappa shape index (κ1) is 27.4. The molecule has 0 atom stereocenters. The van der Waals surface area contributed by atoms with Crippen LogP contribution in [0.2, 0.25) is 0 Å². The molecule has 0 fully saturated rings. The molecule has 0 saturated carbocycles. The van der Waals surface area contributed by atoms with Crippen molar-refractivity contribution in [3.8, 4) is 44.8 Å². The van der Waals surface area contributed by atoms with Gasteiger partial charge in [-0.3, -0.25) is 0 Å². The first-order valence-corrected chi connectivity index (χ1v) is 19.5. The number of aromatic nitrogens is 2. The molecule has 268 valence electrons. The van der Waals surface area contributed by atoms with Gasteiger partial charge in [0.25, 0.3) is 0 Å². The van der Waals surface area contributed by atoms with Crippen LogP contribution in [0.25, 0.3) is 99.1 Å². The predicted molar refractivity (Wildman–Crippen MR) is 241 cm³/mol. The minimum absolute atomic E-state index is 0.190. The van der Waals surface area contributed by atoms with E-state index in [2.05, 4.69) is 175 Å². The van der Waals surface area contributed by atoms with Gasteiger partial charge >= 0.3 is 0 Å². The Balaban J connectivity index is 1.01. The maximum Gasteiger partial charge on any atom is 0.0629 e. The van der Waals surface area contributed by atoms with Gasteiger partial charge in [0.2, 0.25) is 0 Å². The molecule has 0 radical (unpaired) electrons. The quantitative estimate of drug-likeness (QED) is 0.171. The van der Waals surface area contributed by atoms with Gasteiger partial charge < -0.3 is 9.13 Å². The van der Waals surface area contributed by atoms with Gasteiger partial charge in [0.05, 0.1) is 34.6 Å². The van der Waals surface area contributed by atoms with E-state index >= 15 is 0 Å². The van der Waals surface area contributed by atoms with Crippen LogP contribution < -0.4 is 0 Å². The van der Waals surface area contributed by atoms with Gasteiger partial charge in [-0.25, -0.2) is 0 Å². The highest BCUT2D eigenvalue weighted by Gasteiger charge is 2.37. The molecule has 0 spiro atoms. The SMILES string of the molecule is [2H]c1c([2H])c([2H])c(-c2cccc3c2-c2ccc(-n4c5ccccc5c5cc(-c6ccc7c(c6)c6ccccc6n7-c6cccc7ccccc67)ccc54)cc2C3(C)C)c([2H])c1[2H]. The average Bonchev–Trinajstić information content (AvgIpc) is 3.90. The summed E-state index contributed by atoms with van der Waals surface area (Å²) in [6.45, 7) is 4.42. The van der Waals surface area contributed by atoms with Crippen LogP contribution in [0, 0.1) is 0 Å². The number of benzene rings is 9. The molecule has 2 aromatic heterocycles. The van der Waals surface area contributed by atoms with Gasteiger partial charge in [0.1, 0.15) is 0 Å². The molecule has 9 aromatic carbocycles. The van der Waals surface area contributed by atoms with Crippen LogP contribution in [0.3, 0.4) is 0 Å². The normalized spacial score (nSPS) is 14.5. The lowest BCUT2D eigenvalue weighted by atomic mass is 9.82. The highest BCUT2D eigenvalue weighted by molar-refractivity contribution is 6.13. The van der Waals surface area contributed by atoms with E-state index in [0.29, 0.717) is 5.56 Å². The van der Waals surface area contributed by atoms with E-state index in [1.165, 1.54) is 49.0 Å². The summed E-state index contributed by atoms with van der Waals surface area (Å²) in [6, 6.07) is 57.2. The topological polar surface area (TPSA) is 9.86 Å². The van der Waals surface area contributed by atoms with Crippen molar-refractivity contribution in [2.24, 2.45) is 0 Å². The summed E-state index contributed by atoms with van der Waals surface area (Å²) in [7, 11) is 0. The van der Waals surface area contributed by atoms with Crippen LogP contribution in [-0.2, 0) is 5.41 Å². The molecule has 0 aliphatic heterocycles. The van der Waals surface area contributed by atoms with Gasteiger partial charge in [-0.15, -0.1) is 0 Å². The summed E-state index contributed by atoms with van der Waals surface area (Å²) in [5.41, 5.74) is 13.7. The van der Waals surface area contributed by atoms with Crippen molar-refractivity contribution >= 4 is 54.4 Å². The number of nitrogens with zero attached hydrogens (tertiary/aromatic N) is 2. The largest absolute Gasteiger partial charge is 0.309 e. The molecule has 1 aliphatic rings. The van der Waals surface area contributed by atoms with E-state index in [9.17, 15) is 0 Å². The Hall–Kier alpha value is -7.16. The Morgan fingerprint density at radius 2 is 1.02 bits per heavy atom. The number of hydrogen-bond donors (Lipinski definition) is 0. The third-order valence-corrected chi connectivity index (χ3v) is 12.4. The van der Waals surface area contributed by atoms with Gasteiger partial charge in [0, 0.05) is 38.0 Å². The third-order valence-electron chi connectivity index (χ3n) is 12.4. The predicted octanol–water partition coefficient (Wildman–Crippen LogP) is 14.7. The number of hydrogen-bond acceptors (Lipinski definition) is 0. The van der Waals surface area contributed by atoms with E-state index in [0.717, 1.165) is 50.1 Å². The lowest BCUT2D eigenvalue weighted by Crippen LogP contribution is -2.15. The van der Waals surface area contributed by atoms with E-state index in [4.69, 9.17) is 6.85 Å². The second kappa shape index (κ2) is 11.9. The van der Waals surface area contributed by atoms with Crippen molar-refractivity contribution in [2.75, 3.05) is 0 Å². The molecule has 1 aliphatic carbocycles. The van der Waals surface area contributed by atoms with E-state index in [1.54, 1.807) is 0 Å². The summed E-state index contributed by atoms with van der Waals surface area (Å²) in [6.07, 6.45) is 0. The van der Waals surface area contributed by atoms with E-state index in [-0.39, 0.29) is 35.8 Å². The smallest absolute Gasteiger partial charge is 0.0629 e. The summed E-state index contributed by atoms with van der Waals surface area (Å²) >= 11 is 0. The van der Waals surface area contributed by atoms with Crippen LogP contribution in [-0.4, -0.2) is 9.13 Å². The van der Waals surface area contributed by atoms with Crippen LogP contribution in [0.1, 0.15) is 31.8 Å². The van der Waals surface area contributed by atoms with Crippen molar-refractivity contribution in [3.05, 3.63) is 205 Å². The summed E-state index contributed by atoms with van der Waals surface area (Å²) in [5.74, 6) is 0. The second-order valence-electron chi connectivity index (χ2n) is 15.8. The highest BCUT2D eigenvalue weighted by atomic mass is 15.0. The standard InChI is InChI=1S/C55H38N2/c1-55(2)47-22-13-21-41(36-14-4-3-5-15-36)54(47)44-29-28-39(34-48(44)55)56-50-23-10-8-19-42(50)45-32-37(26-30-52(45)56)38-27-31-53-46(33-38)43-20-9-11-24-51(43)57(53)49-25-12-17-35-16-6-7-18-40(35)49/h3-34H,1-2H3/i3D,4D,5D,14D,15D. The van der Waals surface area contributed by atoms with Crippen molar-refractivity contribution in [1.82, 2.24) is 9.13 Å².